The van der Waals surface area contributed by atoms with Crippen molar-refractivity contribution < 1.29 is 4.74 Å². The summed E-state index contributed by atoms with van der Waals surface area (Å²) < 4.78 is 5.46. The molecule has 2 rings (SSSR count). The van der Waals surface area contributed by atoms with Crippen molar-refractivity contribution >= 4 is 0 Å². The second-order valence-electron chi connectivity index (χ2n) is 6.02. The van der Waals surface area contributed by atoms with Gasteiger partial charge in [0.05, 0.1) is 6.10 Å². The van der Waals surface area contributed by atoms with Crippen molar-refractivity contribution in [1.29, 1.82) is 0 Å². The van der Waals surface area contributed by atoms with Gasteiger partial charge in [-0.05, 0) is 26.7 Å². The molecule has 0 radical (unpaired) electrons. The van der Waals surface area contributed by atoms with Crippen LogP contribution >= 0.6 is 0 Å². The molecule has 0 aromatic heterocycles. The van der Waals surface area contributed by atoms with Gasteiger partial charge in [-0.25, -0.2) is 0 Å². The number of hydrogen-bond acceptors (Lipinski definition) is 3. The van der Waals surface area contributed by atoms with E-state index in [2.05, 4.69) is 24.1 Å². The normalized spacial score (nSPS) is 31.6. The lowest BCUT2D eigenvalue weighted by atomic mass is 9.78. The molecule has 3 nitrogen and oxygen atoms in total. The summed E-state index contributed by atoms with van der Waals surface area (Å²) in [6.07, 6.45) is 7.29. The van der Waals surface area contributed by atoms with E-state index in [1.54, 1.807) is 0 Å². The molecule has 1 heterocycles. The molecule has 1 spiro atoms. The number of nitrogens with one attached hydrogen (secondary N) is 1. The Bertz CT molecular complexity index is 238. The Hall–Kier alpha value is -0.120. The molecule has 2 unspecified atom stereocenters. The molecule has 0 aromatic carbocycles. The summed E-state index contributed by atoms with van der Waals surface area (Å²) in [5, 5.41) is 3.68. The van der Waals surface area contributed by atoms with Gasteiger partial charge in [-0.3, -0.25) is 4.90 Å². The minimum absolute atomic E-state index is 0.346. The smallest absolute Gasteiger partial charge is 0.0670 e. The Labute approximate surface area is 106 Å². The Morgan fingerprint density at radius 1 is 1.35 bits per heavy atom. The van der Waals surface area contributed by atoms with E-state index in [0.29, 0.717) is 17.7 Å². The lowest BCUT2D eigenvalue weighted by molar-refractivity contribution is -0.0240. The van der Waals surface area contributed by atoms with Crippen LogP contribution in [0.15, 0.2) is 0 Å². The third-order valence-electron chi connectivity index (χ3n) is 4.61. The fraction of sp³-hybridized carbons (Fsp3) is 1.00. The highest BCUT2D eigenvalue weighted by Gasteiger charge is 2.41. The van der Waals surface area contributed by atoms with Crippen LogP contribution in [0.5, 0.6) is 0 Å². The molecule has 2 atom stereocenters. The molecular weight excluding hydrogens is 212 g/mol. The highest BCUT2D eigenvalue weighted by Crippen LogP contribution is 2.35. The minimum atomic E-state index is 0.346. The zero-order valence-electron chi connectivity index (χ0n) is 11.7. The van der Waals surface area contributed by atoms with Crippen molar-refractivity contribution in [2.75, 3.05) is 26.7 Å². The van der Waals surface area contributed by atoms with Gasteiger partial charge in [0.25, 0.3) is 0 Å². The van der Waals surface area contributed by atoms with Crippen molar-refractivity contribution in [3.63, 3.8) is 0 Å². The lowest BCUT2D eigenvalue weighted by Crippen LogP contribution is -2.65. The first kappa shape index (κ1) is 13.3. The predicted octanol–water partition coefficient (Wildman–Crippen LogP) is 2.02. The van der Waals surface area contributed by atoms with E-state index < -0.39 is 0 Å². The van der Waals surface area contributed by atoms with Crippen LogP contribution < -0.4 is 5.32 Å². The molecule has 17 heavy (non-hydrogen) atoms. The summed E-state index contributed by atoms with van der Waals surface area (Å²) >= 11 is 0. The van der Waals surface area contributed by atoms with Crippen LogP contribution in [0.3, 0.4) is 0 Å². The van der Waals surface area contributed by atoms with Gasteiger partial charge in [0.15, 0.2) is 0 Å². The van der Waals surface area contributed by atoms with Gasteiger partial charge < -0.3 is 10.1 Å². The summed E-state index contributed by atoms with van der Waals surface area (Å²) in [4.78, 5) is 2.71. The second kappa shape index (κ2) is 5.68. The largest absolute Gasteiger partial charge is 0.380 e. The first-order chi connectivity index (χ1) is 8.16. The molecule has 1 aliphatic heterocycles. The van der Waals surface area contributed by atoms with Crippen LogP contribution in [0.1, 0.15) is 46.0 Å². The first-order valence-electron chi connectivity index (χ1n) is 7.17. The molecule has 100 valence electrons. The average Bonchev–Trinajstić information content (AvgIpc) is 2.35. The van der Waals surface area contributed by atoms with Crippen LogP contribution in [0.2, 0.25) is 0 Å². The van der Waals surface area contributed by atoms with Crippen molar-refractivity contribution in [3.05, 3.63) is 0 Å². The van der Waals surface area contributed by atoms with Gasteiger partial charge in [0.2, 0.25) is 0 Å². The number of methoxy groups -OCH3 is 1. The molecule has 0 amide bonds. The van der Waals surface area contributed by atoms with Crippen LogP contribution in [-0.4, -0.2) is 49.3 Å². The van der Waals surface area contributed by atoms with Crippen molar-refractivity contribution in [1.82, 2.24) is 10.2 Å². The number of rotatable bonds is 3. The number of piperazine rings is 1. The number of nitrogens with zero attached hydrogens (tertiary/aromatic N) is 1. The highest BCUT2D eigenvalue weighted by atomic mass is 16.5. The molecule has 1 saturated heterocycles. The monoisotopic (exact) mass is 240 g/mol. The van der Waals surface area contributed by atoms with E-state index in [0.717, 1.165) is 6.54 Å². The van der Waals surface area contributed by atoms with Crippen LogP contribution in [-0.2, 0) is 4.74 Å². The van der Waals surface area contributed by atoms with Crippen LogP contribution in [0.4, 0.5) is 0 Å². The van der Waals surface area contributed by atoms with Gasteiger partial charge in [-0.15, -0.1) is 0 Å². The van der Waals surface area contributed by atoms with Crippen molar-refractivity contribution in [2.45, 2.75) is 63.6 Å². The van der Waals surface area contributed by atoms with Gasteiger partial charge in [0, 0.05) is 38.3 Å². The average molecular weight is 240 g/mol. The lowest BCUT2D eigenvalue weighted by Gasteiger charge is -2.52. The molecule has 1 aliphatic carbocycles. The maximum absolute atomic E-state index is 5.46. The van der Waals surface area contributed by atoms with E-state index in [4.69, 9.17) is 4.74 Å². The van der Waals surface area contributed by atoms with Crippen molar-refractivity contribution in [3.8, 4) is 0 Å². The highest BCUT2D eigenvalue weighted by molar-refractivity contribution is 5.00. The zero-order valence-corrected chi connectivity index (χ0v) is 11.7. The van der Waals surface area contributed by atoms with E-state index in [9.17, 15) is 0 Å². The quantitative estimate of drug-likeness (QED) is 0.817. The molecule has 0 bridgehead atoms. The maximum atomic E-state index is 5.46. The Balaban J connectivity index is 2.04. The summed E-state index contributed by atoms with van der Waals surface area (Å²) in [7, 11) is 1.82. The van der Waals surface area contributed by atoms with Gasteiger partial charge >= 0.3 is 0 Å². The Morgan fingerprint density at radius 2 is 2.06 bits per heavy atom. The number of ether oxygens (including phenoxy) is 1. The van der Waals surface area contributed by atoms with E-state index >= 15 is 0 Å². The standard InChI is InChI=1S/C14H28N2O/c1-12-9-16(10-13(2)17-3)14(11-15-12)7-5-4-6-8-14/h12-13,15H,4-11H2,1-3H3. The second-order valence-corrected chi connectivity index (χ2v) is 6.02. The van der Waals surface area contributed by atoms with E-state index in [1.165, 1.54) is 45.2 Å². The third-order valence-corrected chi connectivity index (χ3v) is 4.61. The predicted molar refractivity (Wildman–Crippen MR) is 71.3 cm³/mol. The van der Waals surface area contributed by atoms with Gasteiger partial charge in [0.1, 0.15) is 0 Å². The van der Waals surface area contributed by atoms with Gasteiger partial charge in [-0.1, -0.05) is 19.3 Å². The summed E-state index contributed by atoms with van der Waals surface area (Å²) in [6, 6.07) is 0.617. The van der Waals surface area contributed by atoms with E-state index in [-0.39, 0.29) is 0 Å². The fourth-order valence-corrected chi connectivity index (χ4v) is 3.42. The third kappa shape index (κ3) is 3.01. The fourth-order valence-electron chi connectivity index (χ4n) is 3.42. The molecular formula is C14H28N2O. The van der Waals surface area contributed by atoms with Gasteiger partial charge in [-0.2, -0.15) is 0 Å². The summed E-state index contributed by atoms with van der Waals surface area (Å²) in [5.41, 5.74) is 0.428. The SMILES string of the molecule is COC(C)CN1CC(C)NCC12CCCCC2. The molecule has 1 saturated carbocycles. The maximum Gasteiger partial charge on any atom is 0.0670 e. The van der Waals surface area contributed by atoms with Crippen LogP contribution in [0, 0.1) is 0 Å². The molecule has 2 fully saturated rings. The zero-order chi connectivity index (χ0) is 12.3. The van der Waals surface area contributed by atoms with Crippen LogP contribution in [0.25, 0.3) is 0 Å². The Morgan fingerprint density at radius 3 is 2.71 bits per heavy atom. The summed E-state index contributed by atoms with van der Waals surface area (Å²) in [6.45, 7) is 7.91. The van der Waals surface area contributed by atoms with E-state index in [1.807, 2.05) is 7.11 Å². The first-order valence-corrected chi connectivity index (χ1v) is 7.17. The van der Waals surface area contributed by atoms with Crippen molar-refractivity contribution in [2.24, 2.45) is 0 Å². The molecule has 2 aliphatic rings. The summed E-state index contributed by atoms with van der Waals surface area (Å²) in [5.74, 6) is 0. The minimum Gasteiger partial charge on any atom is -0.380 e. The molecule has 0 aromatic rings. The number of hydrogen-bond donors (Lipinski definition) is 1. The topological polar surface area (TPSA) is 24.5 Å². The molecule has 1 N–H and O–H groups in total. The Kier molecular flexibility index (Phi) is 4.45. The molecule has 3 heteroatoms.